The number of nitrogens with zero attached hydrogens (tertiary/aromatic N) is 4. The Hall–Kier alpha value is -3.01. The summed E-state index contributed by atoms with van der Waals surface area (Å²) in [7, 11) is 0. The van der Waals surface area contributed by atoms with Crippen LogP contribution in [0, 0.1) is 23.0 Å². The molecule has 1 aliphatic heterocycles. The first-order chi connectivity index (χ1) is 15.8. The molecular weight excluding hydrogens is 469 g/mol. The van der Waals surface area contributed by atoms with Gasteiger partial charge in [0.2, 0.25) is 17.6 Å². The second-order valence-electron chi connectivity index (χ2n) is 7.96. The van der Waals surface area contributed by atoms with Crippen molar-refractivity contribution in [1.82, 2.24) is 15.0 Å². The topological polar surface area (TPSA) is 114 Å². The molecule has 2 heterocycles. The molecule has 33 heavy (non-hydrogen) atoms. The number of nitro benzene ring substituents is 1. The number of aromatic nitrogens is 2. The lowest BCUT2D eigenvalue weighted by Gasteiger charge is -2.31. The number of hydrogen-bond donors (Lipinski definition) is 1. The summed E-state index contributed by atoms with van der Waals surface area (Å²) in [6.45, 7) is 3.50. The summed E-state index contributed by atoms with van der Waals surface area (Å²) in [6.07, 6.45) is 1.56. The van der Waals surface area contributed by atoms with Gasteiger partial charge in [-0.25, -0.2) is 0 Å². The van der Waals surface area contributed by atoms with Gasteiger partial charge in [-0.2, -0.15) is 4.98 Å². The van der Waals surface area contributed by atoms with Gasteiger partial charge in [-0.15, -0.1) is 0 Å². The number of anilines is 1. The van der Waals surface area contributed by atoms with Crippen molar-refractivity contribution >= 4 is 40.5 Å². The van der Waals surface area contributed by atoms with Gasteiger partial charge in [0.1, 0.15) is 0 Å². The van der Waals surface area contributed by atoms with Crippen molar-refractivity contribution in [2.45, 2.75) is 26.3 Å². The summed E-state index contributed by atoms with van der Waals surface area (Å²) in [5, 5.41) is 18.9. The van der Waals surface area contributed by atoms with Crippen LogP contribution in [0.1, 0.15) is 24.3 Å². The predicted octanol–water partition coefficient (Wildman–Crippen LogP) is 5.11. The SMILES string of the molecule is Cc1ccc([N+](=O)[O-])cc1NC(=O)C1CCCN(Cc2nc(-c3ccc(Cl)cc3Cl)no2)C1. The van der Waals surface area contributed by atoms with Crippen molar-refractivity contribution in [2.75, 3.05) is 18.4 Å². The molecule has 172 valence electrons. The van der Waals surface area contributed by atoms with E-state index in [-0.39, 0.29) is 17.5 Å². The molecule has 9 nitrogen and oxygen atoms in total. The Bertz CT molecular complexity index is 1200. The molecule has 0 saturated carbocycles. The van der Waals surface area contributed by atoms with Crippen LogP contribution < -0.4 is 5.32 Å². The molecule has 0 radical (unpaired) electrons. The van der Waals surface area contributed by atoms with Gasteiger partial charge in [-0.3, -0.25) is 19.8 Å². The van der Waals surface area contributed by atoms with Crippen molar-refractivity contribution in [3.63, 3.8) is 0 Å². The molecule has 0 spiro atoms. The van der Waals surface area contributed by atoms with Gasteiger partial charge >= 0.3 is 0 Å². The fourth-order valence-corrected chi connectivity index (χ4v) is 4.29. The van der Waals surface area contributed by atoms with Crippen LogP contribution in [0.3, 0.4) is 0 Å². The molecule has 1 aliphatic rings. The summed E-state index contributed by atoms with van der Waals surface area (Å²) >= 11 is 12.2. The Labute approximate surface area is 199 Å². The number of aryl methyl sites for hydroxylation is 1. The van der Waals surface area contributed by atoms with E-state index in [2.05, 4.69) is 20.4 Å². The molecule has 1 N–H and O–H groups in total. The average molecular weight is 490 g/mol. The molecule has 1 atom stereocenters. The summed E-state index contributed by atoms with van der Waals surface area (Å²) in [5.74, 6) is 0.374. The third-order valence-electron chi connectivity index (χ3n) is 5.57. The lowest BCUT2D eigenvalue weighted by atomic mass is 9.97. The number of hydrogen-bond acceptors (Lipinski definition) is 7. The molecule has 0 bridgehead atoms. The molecular formula is C22H21Cl2N5O4. The first-order valence-electron chi connectivity index (χ1n) is 10.4. The summed E-state index contributed by atoms with van der Waals surface area (Å²) in [4.78, 5) is 29.9. The molecule has 1 aromatic heterocycles. The normalized spacial score (nSPS) is 16.5. The highest BCUT2D eigenvalue weighted by molar-refractivity contribution is 6.36. The molecule has 11 heteroatoms. The van der Waals surface area contributed by atoms with Gasteiger partial charge in [-0.05, 0) is 50.1 Å². The van der Waals surface area contributed by atoms with Crippen molar-refractivity contribution in [2.24, 2.45) is 5.92 Å². The number of benzene rings is 2. The minimum atomic E-state index is -0.479. The zero-order valence-electron chi connectivity index (χ0n) is 17.8. The highest BCUT2D eigenvalue weighted by atomic mass is 35.5. The van der Waals surface area contributed by atoms with Gasteiger partial charge in [-0.1, -0.05) is 34.4 Å². The Morgan fingerprint density at radius 3 is 2.88 bits per heavy atom. The third kappa shape index (κ3) is 5.50. The average Bonchev–Trinajstić information content (AvgIpc) is 3.23. The second-order valence-corrected chi connectivity index (χ2v) is 8.80. The van der Waals surface area contributed by atoms with Crippen LogP contribution in [0.4, 0.5) is 11.4 Å². The summed E-state index contributed by atoms with van der Waals surface area (Å²) in [5.41, 5.74) is 1.78. The highest BCUT2D eigenvalue weighted by Crippen LogP contribution is 2.29. The van der Waals surface area contributed by atoms with Gasteiger partial charge in [0.25, 0.3) is 5.69 Å². The zero-order chi connectivity index (χ0) is 23.5. The van der Waals surface area contributed by atoms with Crippen molar-refractivity contribution in [3.05, 3.63) is 68.0 Å². The van der Waals surface area contributed by atoms with E-state index in [9.17, 15) is 14.9 Å². The number of rotatable bonds is 6. The Morgan fingerprint density at radius 2 is 2.12 bits per heavy atom. The van der Waals surface area contributed by atoms with E-state index in [1.807, 2.05) is 0 Å². The molecule has 2 aromatic carbocycles. The maximum atomic E-state index is 12.9. The molecule has 1 saturated heterocycles. The lowest BCUT2D eigenvalue weighted by Crippen LogP contribution is -2.40. The molecule has 1 fully saturated rings. The van der Waals surface area contributed by atoms with Crippen LogP contribution in [-0.2, 0) is 11.3 Å². The lowest BCUT2D eigenvalue weighted by molar-refractivity contribution is -0.384. The standard InChI is InChI=1S/C22H21Cl2N5O4/c1-13-4-6-16(29(31)32)10-19(13)25-22(30)14-3-2-8-28(11-14)12-20-26-21(27-33-20)17-7-5-15(23)9-18(17)24/h4-7,9-10,14H,2-3,8,11-12H2,1H3,(H,25,30). The van der Waals surface area contributed by atoms with E-state index in [4.69, 9.17) is 27.7 Å². The number of carbonyl (C=O) groups is 1. The largest absolute Gasteiger partial charge is 0.338 e. The van der Waals surface area contributed by atoms with E-state index < -0.39 is 4.92 Å². The van der Waals surface area contributed by atoms with Gasteiger partial charge in [0.15, 0.2) is 0 Å². The van der Waals surface area contributed by atoms with Gasteiger partial charge < -0.3 is 9.84 Å². The van der Waals surface area contributed by atoms with Crippen LogP contribution in [0.5, 0.6) is 0 Å². The minimum absolute atomic E-state index is 0.0610. The number of piperidine rings is 1. The van der Waals surface area contributed by atoms with Gasteiger partial charge in [0, 0.05) is 29.3 Å². The second kappa shape index (κ2) is 9.86. The number of nitro groups is 1. The van der Waals surface area contributed by atoms with E-state index in [1.165, 1.54) is 12.1 Å². The first kappa shape index (κ1) is 23.2. The monoisotopic (exact) mass is 489 g/mol. The maximum Gasteiger partial charge on any atom is 0.271 e. The van der Waals surface area contributed by atoms with Crippen LogP contribution in [0.2, 0.25) is 10.0 Å². The Balaban J connectivity index is 1.40. The number of non-ortho nitro benzene ring substituents is 1. The number of nitrogens with one attached hydrogen (secondary N) is 1. The molecule has 4 rings (SSSR count). The fraction of sp³-hybridized carbons (Fsp3) is 0.318. The fourth-order valence-electron chi connectivity index (χ4n) is 3.80. The summed E-state index contributed by atoms with van der Waals surface area (Å²) in [6, 6.07) is 9.48. The van der Waals surface area contributed by atoms with Crippen LogP contribution >= 0.6 is 23.2 Å². The highest BCUT2D eigenvalue weighted by Gasteiger charge is 2.27. The molecule has 0 aliphatic carbocycles. The van der Waals surface area contributed by atoms with Crippen LogP contribution in [-0.4, -0.2) is 39.0 Å². The van der Waals surface area contributed by atoms with E-state index in [1.54, 1.807) is 31.2 Å². The minimum Gasteiger partial charge on any atom is -0.338 e. The van der Waals surface area contributed by atoms with Crippen LogP contribution in [0.15, 0.2) is 40.9 Å². The summed E-state index contributed by atoms with van der Waals surface area (Å²) < 4.78 is 5.39. The number of carbonyl (C=O) groups excluding carboxylic acids is 1. The number of likely N-dealkylation sites (tertiary alicyclic amines) is 1. The zero-order valence-corrected chi connectivity index (χ0v) is 19.3. The molecule has 1 unspecified atom stereocenters. The van der Waals surface area contributed by atoms with Gasteiger partial charge in [0.05, 0.1) is 28.1 Å². The maximum absolute atomic E-state index is 12.9. The number of amides is 1. The first-order valence-corrected chi connectivity index (χ1v) is 11.1. The quantitative estimate of drug-likeness (QED) is 0.377. The predicted molar refractivity (Wildman–Crippen MR) is 124 cm³/mol. The van der Waals surface area contributed by atoms with Crippen molar-refractivity contribution < 1.29 is 14.2 Å². The van der Waals surface area contributed by atoms with Crippen molar-refractivity contribution in [3.8, 4) is 11.4 Å². The Kier molecular flexibility index (Phi) is 6.92. The van der Waals surface area contributed by atoms with E-state index in [0.717, 1.165) is 24.9 Å². The van der Waals surface area contributed by atoms with Crippen LogP contribution in [0.25, 0.3) is 11.4 Å². The van der Waals surface area contributed by atoms with E-state index in [0.29, 0.717) is 46.1 Å². The van der Waals surface area contributed by atoms with Crippen molar-refractivity contribution in [1.29, 1.82) is 0 Å². The molecule has 3 aromatic rings. The third-order valence-corrected chi connectivity index (χ3v) is 6.11. The molecule has 1 amide bonds. The Morgan fingerprint density at radius 1 is 1.30 bits per heavy atom. The number of halogens is 2. The van der Waals surface area contributed by atoms with E-state index >= 15 is 0 Å². The smallest absolute Gasteiger partial charge is 0.271 e.